The minimum atomic E-state index is -0.535. The van der Waals surface area contributed by atoms with E-state index in [1.54, 1.807) is 18.2 Å². The minimum absolute atomic E-state index is 0.256. The lowest BCUT2D eigenvalue weighted by molar-refractivity contribution is -0.110. The number of nitrogens with one attached hydrogen (secondary N) is 1. The molecule has 1 heterocycles. The number of nitrogens with two attached hydrogens (primary N) is 1. The molecule has 0 aromatic heterocycles. The quantitative estimate of drug-likeness (QED) is 0.673. The van der Waals surface area contributed by atoms with Crippen LogP contribution in [0.15, 0.2) is 48.5 Å². The summed E-state index contributed by atoms with van der Waals surface area (Å²) in [5.41, 5.74) is 8.19. The molecule has 3 N–H and O–H groups in total. The average molecular weight is 308 g/mol. The Hall–Kier alpha value is -3.08. The molecule has 0 spiro atoms. The molecule has 0 bridgehead atoms. The van der Waals surface area contributed by atoms with Crippen molar-refractivity contribution < 1.29 is 14.3 Å². The van der Waals surface area contributed by atoms with Crippen molar-refractivity contribution in [3.05, 3.63) is 65.2 Å². The van der Waals surface area contributed by atoms with E-state index in [2.05, 4.69) is 5.32 Å². The third kappa shape index (κ3) is 2.68. The lowest BCUT2D eigenvalue weighted by Crippen LogP contribution is -2.11. The maximum absolute atomic E-state index is 12.4. The number of anilines is 1. The third-order valence-electron chi connectivity index (χ3n) is 3.60. The highest BCUT2D eigenvalue weighted by Gasteiger charge is 2.29. The number of benzene rings is 2. The second-order valence-corrected chi connectivity index (χ2v) is 5.08. The molecule has 0 fully saturated rings. The first-order chi connectivity index (χ1) is 11.1. The van der Waals surface area contributed by atoms with E-state index in [-0.39, 0.29) is 5.91 Å². The maximum Gasteiger partial charge on any atom is 0.260 e. The van der Waals surface area contributed by atoms with Gasteiger partial charge in [0.25, 0.3) is 5.91 Å². The van der Waals surface area contributed by atoms with Crippen molar-refractivity contribution in [2.45, 2.75) is 6.92 Å². The van der Waals surface area contributed by atoms with Gasteiger partial charge in [-0.2, -0.15) is 0 Å². The van der Waals surface area contributed by atoms with Gasteiger partial charge in [-0.05, 0) is 19.1 Å². The number of carbonyl (C=O) groups excluding carboxylic acids is 2. The first-order valence-electron chi connectivity index (χ1n) is 7.30. The lowest BCUT2D eigenvalue weighted by atomic mass is 10.0. The zero-order valence-corrected chi connectivity index (χ0v) is 12.6. The first kappa shape index (κ1) is 14.8. The number of rotatable bonds is 4. The van der Waals surface area contributed by atoms with Gasteiger partial charge >= 0.3 is 0 Å². The SMILES string of the molecule is CCO/C(=C1/C(=O)Nc2cc(C(N)=O)ccc21)c1ccccc1. The molecule has 0 unspecified atom stereocenters. The molecule has 2 aromatic carbocycles. The van der Waals surface area contributed by atoms with E-state index in [4.69, 9.17) is 10.5 Å². The van der Waals surface area contributed by atoms with Gasteiger partial charge in [-0.1, -0.05) is 36.4 Å². The van der Waals surface area contributed by atoms with Gasteiger partial charge < -0.3 is 15.8 Å². The lowest BCUT2D eigenvalue weighted by Gasteiger charge is -2.12. The molecule has 5 heteroatoms. The van der Waals surface area contributed by atoms with Gasteiger partial charge in [-0.3, -0.25) is 9.59 Å². The summed E-state index contributed by atoms with van der Waals surface area (Å²) < 4.78 is 5.74. The fourth-order valence-corrected chi connectivity index (χ4v) is 2.59. The Labute approximate surface area is 133 Å². The molecular formula is C18H16N2O3. The van der Waals surface area contributed by atoms with E-state index in [1.165, 1.54) is 0 Å². The molecule has 1 aliphatic rings. The zero-order valence-electron chi connectivity index (χ0n) is 12.6. The average Bonchev–Trinajstić information content (AvgIpc) is 2.88. The summed E-state index contributed by atoms with van der Waals surface area (Å²) in [6.07, 6.45) is 0. The van der Waals surface area contributed by atoms with Crippen molar-refractivity contribution in [1.29, 1.82) is 0 Å². The maximum atomic E-state index is 12.4. The Bertz CT molecular complexity index is 810. The molecule has 23 heavy (non-hydrogen) atoms. The van der Waals surface area contributed by atoms with E-state index in [0.29, 0.717) is 34.8 Å². The van der Waals surface area contributed by atoms with Crippen LogP contribution in [0.1, 0.15) is 28.4 Å². The number of hydrogen-bond acceptors (Lipinski definition) is 3. The van der Waals surface area contributed by atoms with Crippen LogP contribution in [0.2, 0.25) is 0 Å². The number of amides is 2. The molecule has 116 valence electrons. The minimum Gasteiger partial charge on any atom is -0.492 e. The molecule has 0 aliphatic carbocycles. The van der Waals surface area contributed by atoms with E-state index in [0.717, 1.165) is 5.56 Å². The Balaban J connectivity index is 2.18. The van der Waals surface area contributed by atoms with Crippen LogP contribution in [0.5, 0.6) is 0 Å². The molecule has 5 nitrogen and oxygen atoms in total. The Morgan fingerprint density at radius 2 is 1.87 bits per heavy atom. The van der Waals surface area contributed by atoms with Gasteiger partial charge in [0, 0.05) is 16.7 Å². The molecule has 0 saturated heterocycles. The van der Waals surface area contributed by atoms with Crippen LogP contribution in [0.25, 0.3) is 11.3 Å². The molecule has 2 aromatic rings. The predicted molar refractivity (Wildman–Crippen MR) is 88.5 cm³/mol. The zero-order chi connectivity index (χ0) is 16.4. The number of primary amides is 1. The monoisotopic (exact) mass is 308 g/mol. The second kappa shape index (κ2) is 5.96. The van der Waals surface area contributed by atoms with Crippen LogP contribution in [-0.4, -0.2) is 18.4 Å². The van der Waals surface area contributed by atoms with Gasteiger partial charge in [0.2, 0.25) is 5.91 Å². The van der Waals surface area contributed by atoms with Gasteiger partial charge in [0.1, 0.15) is 5.76 Å². The highest BCUT2D eigenvalue weighted by molar-refractivity contribution is 6.36. The number of hydrogen-bond donors (Lipinski definition) is 2. The Kier molecular flexibility index (Phi) is 3.85. The van der Waals surface area contributed by atoms with Crippen LogP contribution in [-0.2, 0) is 9.53 Å². The van der Waals surface area contributed by atoms with E-state index < -0.39 is 5.91 Å². The molecule has 0 saturated carbocycles. The summed E-state index contributed by atoms with van der Waals surface area (Å²) in [5.74, 6) is -0.266. The highest BCUT2D eigenvalue weighted by Crippen LogP contribution is 2.37. The summed E-state index contributed by atoms with van der Waals surface area (Å²) in [6.45, 7) is 2.31. The predicted octanol–water partition coefficient (Wildman–Crippen LogP) is 2.64. The molecule has 0 atom stereocenters. The van der Waals surface area contributed by atoms with Crippen LogP contribution in [0.4, 0.5) is 5.69 Å². The first-order valence-corrected chi connectivity index (χ1v) is 7.30. The Morgan fingerprint density at radius 3 is 2.52 bits per heavy atom. The van der Waals surface area contributed by atoms with Crippen LogP contribution >= 0.6 is 0 Å². The third-order valence-corrected chi connectivity index (χ3v) is 3.60. The topological polar surface area (TPSA) is 81.4 Å². The number of carbonyl (C=O) groups is 2. The van der Waals surface area contributed by atoms with Crippen molar-refractivity contribution in [3.8, 4) is 0 Å². The van der Waals surface area contributed by atoms with Gasteiger partial charge in [0.15, 0.2) is 0 Å². The van der Waals surface area contributed by atoms with E-state index in [9.17, 15) is 9.59 Å². The summed E-state index contributed by atoms with van der Waals surface area (Å²) in [7, 11) is 0. The highest BCUT2D eigenvalue weighted by atomic mass is 16.5. The van der Waals surface area contributed by atoms with E-state index in [1.807, 2.05) is 37.3 Å². The molecule has 0 radical (unpaired) electrons. The molecule has 1 aliphatic heterocycles. The van der Waals surface area contributed by atoms with Crippen molar-refractivity contribution in [2.24, 2.45) is 5.73 Å². The van der Waals surface area contributed by atoms with Crippen LogP contribution < -0.4 is 11.1 Å². The van der Waals surface area contributed by atoms with Crippen molar-refractivity contribution in [2.75, 3.05) is 11.9 Å². The smallest absolute Gasteiger partial charge is 0.260 e. The standard InChI is InChI=1S/C18H16N2O3/c1-2-23-16(11-6-4-3-5-7-11)15-13-9-8-12(17(19)21)10-14(13)20-18(15)22/h3-10H,2H2,1H3,(H2,19,21)(H,20,22)/b16-15+. The molecule has 3 rings (SSSR count). The number of ether oxygens (including phenoxy) is 1. The summed E-state index contributed by atoms with van der Waals surface area (Å²) >= 11 is 0. The van der Waals surface area contributed by atoms with Crippen molar-refractivity contribution in [3.63, 3.8) is 0 Å². The Morgan fingerprint density at radius 1 is 1.13 bits per heavy atom. The fraction of sp³-hybridized carbons (Fsp3) is 0.111. The normalized spacial score (nSPS) is 14.9. The fourth-order valence-electron chi connectivity index (χ4n) is 2.59. The molecule has 2 amide bonds. The summed E-state index contributed by atoms with van der Waals surface area (Å²) in [4.78, 5) is 23.7. The van der Waals surface area contributed by atoms with E-state index >= 15 is 0 Å². The van der Waals surface area contributed by atoms with Crippen molar-refractivity contribution >= 4 is 28.8 Å². The summed E-state index contributed by atoms with van der Waals surface area (Å²) in [5, 5.41) is 2.77. The van der Waals surface area contributed by atoms with Crippen LogP contribution in [0, 0.1) is 0 Å². The summed E-state index contributed by atoms with van der Waals surface area (Å²) in [6, 6.07) is 14.4. The largest absolute Gasteiger partial charge is 0.492 e. The molecular weight excluding hydrogens is 292 g/mol. The van der Waals surface area contributed by atoms with Crippen LogP contribution in [0.3, 0.4) is 0 Å². The van der Waals surface area contributed by atoms with Gasteiger partial charge in [0.05, 0.1) is 17.9 Å². The number of fused-ring (bicyclic) bond motifs is 1. The van der Waals surface area contributed by atoms with Crippen molar-refractivity contribution in [1.82, 2.24) is 0 Å². The van der Waals surface area contributed by atoms with Gasteiger partial charge in [-0.25, -0.2) is 0 Å². The van der Waals surface area contributed by atoms with Gasteiger partial charge in [-0.15, -0.1) is 0 Å². The second-order valence-electron chi connectivity index (χ2n) is 5.08.